The standard InChI is InChI=1S/C17H15F3N4O/c1-23-13-5-3-2-4-10(13)8-14(23)16(25)24-7-6-12-11(9-24)15(22-21-12)17(18,19)20/h2-5,8H,6-7,9H2,1H3,(H,21,22). The van der Waals surface area contributed by atoms with Gasteiger partial charge < -0.3 is 9.47 Å². The van der Waals surface area contributed by atoms with Crippen LogP contribution in [0.25, 0.3) is 10.9 Å². The van der Waals surface area contributed by atoms with Crippen molar-refractivity contribution in [3.05, 3.63) is 53.0 Å². The maximum Gasteiger partial charge on any atom is 0.435 e. The fourth-order valence-corrected chi connectivity index (χ4v) is 3.36. The van der Waals surface area contributed by atoms with Crippen LogP contribution in [-0.2, 0) is 26.2 Å². The minimum absolute atomic E-state index is 0.0610. The molecule has 0 atom stereocenters. The number of rotatable bonds is 1. The minimum Gasteiger partial charge on any atom is -0.340 e. The molecule has 2 aromatic heterocycles. The predicted molar refractivity (Wildman–Crippen MR) is 85.0 cm³/mol. The Bertz CT molecular complexity index is 970. The smallest absolute Gasteiger partial charge is 0.340 e. The number of H-pyrrole nitrogens is 1. The van der Waals surface area contributed by atoms with E-state index in [1.165, 1.54) is 4.90 Å². The number of nitrogens with zero attached hydrogens (tertiary/aromatic N) is 3. The van der Waals surface area contributed by atoms with Crippen molar-refractivity contribution in [3.8, 4) is 0 Å². The summed E-state index contributed by atoms with van der Waals surface area (Å²) >= 11 is 0. The molecule has 4 rings (SSSR count). The highest BCUT2D eigenvalue weighted by atomic mass is 19.4. The number of halogens is 3. The molecule has 1 amide bonds. The molecule has 0 unspecified atom stereocenters. The molecule has 0 spiro atoms. The highest BCUT2D eigenvalue weighted by molar-refractivity contribution is 5.98. The summed E-state index contributed by atoms with van der Waals surface area (Å²) < 4.78 is 41.0. The van der Waals surface area contributed by atoms with Gasteiger partial charge in [0.2, 0.25) is 0 Å². The van der Waals surface area contributed by atoms with Crippen LogP contribution in [0.1, 0.15) is 27.4 Å². The van der Waals surface area contributed by atoms with Crippen molar-refractivity contribution in [2.75, 3.05) is 6.54 Å². The number of carbonyl (C=O) groups is 1. The van der Waals surface area contributed by atoms with Crippen LogP contribution >= 0.6 is 0 Å². The van der Waals surface area contributed by atoms with Crippen LogP contribution in [-0.4, -0.2) is 32.1 Å². The first-order valence-corrected chi connectivity index (χ1v) is 7.83. The third-order valence-corrected chi connectivity index (χ3v) is 4.66. The first-order chi connectivity index (χ1) is 11.9. The number of para-hydroxylation sites is 1. The number of aromatic nitrogens is 3. The zero-order valence-corrected chi connectivity index (χ0v) is 13.4. The van der Waals surface area contributed by atoms with Crippen LogP contribution in [0, 0.1) is 0 Å². The molecule has 5 nitrogen and oxygen atoms in total. The number of benzene rings is 1. The van der Waals surface area contributed by atoms with Crippen LogP contribution in [0.4, 0.5) is 13.2 Å². The molecular weight excluding hydrogens is 333 g/mol. The van der Waals surface area contributed by atoms with Crippen molar-refractivity contribution in [2.24, 2.45) is 7.05 Å². The summed E-state index contributed by atoms with van der Waals surface area (Å²) in [6.07, 6.45) is -4.20. The van der Waals surface area contributed by atoms with E-state index >= 15 is 0 Å². The molecule has 1 N–H and O–H groups in total. The van der Waals surface area contributed by atoms with Crippen LogP contribution in [0.5, 0.6) is 0 Å². The SMILES string of the molecule is Cn1c(C(=O)N2CCc3[nH]nc(C(F)(F)F)c3C2)cc2ccccc21. The lowest BCUT2D eigenvalue weighted by Crippen LogP contribution is -2.37. The second-order valence-electron chi connectivity index (χ2n) is 6.15. The third-order valence-electron chi connectivity index (χ3n) is 4.66. The first kappa shape index (κ1) is 15.7. The average molecular weight is 348 g/mol. The number of hydrogen-bond acceptors (Lipinski definition) is 2. The lowest BCUT2D eigenvalue weighted by Gasteiger charge is -2.27. The zero-order valence-electron chi connectivity index (χ0n) is 13.4. The number of fused-ring (bicyclic) bond motifs is 2. The van der Waals surface area contributed by atoms with Crippen molar-refractivity contribution in [2.45, 2.75) is 19.1 Å². The Morgan fingerprint density at radius 1 is 1.28 bits per heavy atom. The van der Waals surface area contributed by atoms with Crippen LogP contribution < -0.4 is 0 Å². The van der Waals surface area contributed by atoms with E-state index in [0.717, 1.165) is 10.9 Å². The minimum atomic E-state index is -4.53. The average Bonchev–Trinajstić information content (AvgIpc) is 3.15. The van der Waals surface area contributed by atoms with Gasteiger partial charge in [-0.1, -0.05) is 18.2 Å². The highest BCUT2D eigenvalue weighted by Crippen LogP contribution is 2.34. The van der Waals surface area contributed by atoms with Crippen LogP contribution in [0.2, 0.25) is 0 Å². The summed E-state index contributed by atoms with van der Waals surface area (Å²) in [5, 5.41) is 6.77. The summed E-state index contributed by atoms with van der Waals surface area (Å²) in [4.78, 5) is 14.3. The van der Waals surface area contributed by atoms with Crippen molar-refractivity contribution in [1.82, 2.24) is 19.7 Å². The van der Waals surface area contributed by atoms with Crippen molar-refractivity contribution in [1.29, 1.82) is 0 Å². The molecule has 25 heavy (non-hydrogen) atoms. The maximum absolute atomic E-state index is 13.1. The summed E-state index contributed by atoms with van der Waals surface area (Å²) in [5.41, 5.74) is 0.945. The van der Waals surface area contributed by atoms with E-state index in [0.29, 0.717) is 24.4 Å². The Labute approximate surface area is 141 Å². The number of hydrogen-bond donors (Lipinski definition) is 1. The van der Waals surface area contributed by atoms with E-state index in [4.69, 9.17) is 0 Å². The monoisotopic (exact) mass is 348 g/mol. The van der Waals surface area contributed by atoms with Crippen molar-refractivity contribution < 1.29 is 18.0 Å². The molecule has 1 aliphatic heterocycles. The van der Waals surface area contributed by atoms with Gasteiger partial charge in [-0.2, -0.15) is 18.3 Å². The van der Waals surface area contributed by atoms with Gasteiger partial charge >= 0.3 is 6.18 Å². The lowest BCUT2D eigenvalue weighted by molar-refractivity contribution is -0.142. The molecule has 3 heterocycles. The fourth-order valence-electron chi connectivity index (χ4n) is 3.36. The van der Waals surface area contributed by atoms with Crippen molar-refractivity contribution >= 4 is 16.8 Å². The molecule has 0 bridgehead atoms. The number of nitrogens with one attached hydrogen (secondary N) is 1. The van der Waals surface area contributed by atoms with E-state index in [-0.39, 0.29) is 18.0 Å². The van der Waals surface area contributed by atoms with Gasteiger partial charge in [-0.25, -0.2) is 0 Å². The van der Waals surface area contributed by atoms with Crippen LogP contribution in [0.15, 0.2) is 30.3 Å². The third kappa shape index (κ3) is 2.48. The second-order valence-corrected chi connectivity index (χ2v) is 6.15. The molecule has 0 radical (unpaired) electrons. The van der Waals surface area contributed by atoms with E-state index in [1.807, 2.05) is 24.3 Å². The van der Waals surface area contributed by atoms with Gasteiger partial charge in [-0.05, 0) is 12.1 Å². The normalized spacial score (nSPS) is 14.8. The number of alkyl halides is 3. The van der Waals surface area contributed by atoms with Gasteiger partial charge in [0.1, 0.15) is 5.69 Å². The Balaban J connectivity index is 1.68. The van der Waals surface area contributed by atoms with Gasteiger partial charge in [0.15, 0.2) is 5.69 Å². The van der Waals surface area contributed by atoms with E-state index in [9.17, 15) is 18.0 Å². The molecule has 0 saturated heterocycles. The maximum atomic E-state index is 13.1. The molecule has 1 aliphatic rings. The van der Waals surface area contributed by atoms with Crippen LogP contribution in [0.3, 0.4) is 0 Å². The Hall–Kier alpha value is -2.77. The van der Waals surface area contributed by atoms with Crippen molar-refractivity contribution in [3.63, 3.8) is 0 Å². The van der Waals surface area contributed by atoms with Gasteiger partial charge in [0.25, 0.3) is 5.91 Å². The number of carbonyl (C=O) groups excluding carboxylic acids is 1. The zero-order chi connectivity index (χ0) is 17.8. The molecule has 130 valence electrons. The summed E-state index contributed by atoms with van der Waals surface area (Å²) in [7, 11) is 1.78. The predicted octanol–water partition coefficient (Wildman–Crippen LogP) is 3.12. The quantitative estimate of drug-likeness (QED) is 0.735. The molecule has 0 saturated carbocycles. The van der Waals surface area contributed by atoms with E-state index < -0.39 is 11.9 Å². The highest BCUT2D eigenvalue weighted by Gasteiger charge is 2.40. The topological polar surface area (TPSA) is 53.9 Å². The van der Waals surface area contributed by atoms with Gasteiger partial charge in [-0.15, -0.1) is 0 Å². The largest absolute Gasteiger partial charge is 0.435 e. The van der Waals surface area contributed by atoms with Gasteiger partial charge in [0, 0.05) is 42.2 Å². The number of aromatic amines is 1. The molecule has 3 aromatic rings. The molecular formula is C17H15F3N4O. The number of amides is 1. The fraction of sp³-hybridized carbons (Fsp3) is 0.294. The first-order valence-electron chi connectivity index (χ1n) is 7.83. The lowest BCUT2D eigenvalue weighted by atomic mass is 10.0. The number of aryl methyl sites for hydroxylation is 1. The van der Waals surface area contributed by atoms with Gasteiger partial charge in [-0.3, -0.25) is 9.89 Å². The summed E-state index contributed by atoms with van der Waals surface area (Å²) in [6, 6.07) is 9.33. The molecule has 8 heteroatoms. The summed E-state index contributed by atoms with van der Waals surface area (Å²) in [6.45, 7) is 0.258. The Morgan fingerprint density at radius 2 is 2.04 bits per heavy atom. The second kappa shape index (κ2) is 5.37. The Morgan fingerprint density at radius 3 is 2.76 bits per heavy atom. The Kier molecular flexibility index (Phi) is 3.38. The summed E-state index contributed by atoms with van der Waals surface area (Å²) in [5.74, 6) is -0.279. The molecule has 0 aliphatic carbocycles. The van der Waals surface area contributed by atoms with E-state index in [2.05, 4.69) is 10.2 Å². The van der Waals surface area contributed by atoms with E-state index in [1.54, 1.807) is 17.7 Å². The van der Waals surface area contributed by atoms with Gasteiger partial charge in [0.05, 0.1) is 6.54 Å². The molecule has 0 fully saturated rings. The molecule has 1 aromatic carbocycles.